The fourth-order valence-electron chi connectivity index (χ4n) is 1.81. The molecule has 7 heteroatoms. The topological polar surface area (TPSA) is 50.3 Å². The van der Waals surface area contributed by atoms with E-state index >= 15 is 0 Å². The average molecular weight is 325 g/mol. The van der Waals surface area contributed by atoms with Crippen molar-refractivity contribution in [3.8, 4) is 0 Å². The highest BCUT2D eigenvalue weighted by molar-refractivity contribution is 9.11. The summed E-state index contributed by atoms with van der Waals surface area (Å²) < 4.78 is 27.2. The summed E-state index contributed by atoms with van der Waals surface area (Å²) in [6, 6.07) is 0. The Labute approximate surface area is 108 Å². The van der Waals surface area contributed by atoms with E-state index in [4.69, 9.17) is 0 Å². The number of nitrogens with zero attached hydrogens (tertiary/aromatic N) is 2. The summed E-state index contributed by atoms with van der Waals surface area (Å²) in [5.41, 5.74) is 0.586. The first-order chi connectivity index (χ1) is 7.51. The van der Waals surface area contributed by atoms with Crippen LogP contribution in [0.5, 0.6) is 0 Å². The number of sulfonamides is 1. The predicted octanol–water partition coefficient (Wildman–Crippen LogP) is 2.39. The molecule has 0 atom stereocenters. The Morgan fingerprint density at radius 2 is 1.94 bits per heavy atom. The molecule has 0 aliphatic carbocycles. The summed E-state index contributed by atoms with van der Waals surface area (Å²) in [6.07, 6.45) is 3.04. The van der Waals surface area contributed by atoms with Gasteiger partial charge in [-0.2, -0.15) is 4.31 Å². The van der Waals surface area contributed by atoms with Crippen molar-refractivity contribution in [2.45, 2.75) is 30.4 Å². The Morgan fingerprint density at radius 3 is 2.44 bits per heavy atom. The van der Waals surface area contributed by atoms with E-state index in [0.29, 0.717) is 26.9 Å². The summed E-state index contributed by atoms with van der Waals surface area (Å²) >= 11 is 4.41. The molecule has 0 aromatic carbocycles. The molecule has 1 aliphatic heterocycles. The molecule has 0 saturated carbocycles. The molecule has 1 aliphatic rings. The van der Waals surface area contributed by atoms with Gasteiger partial charge in [-0.15, -0.1) is 0 Å². The van der Waals surface area contributed by atoms with Crippen LogP contribution in [-0.4, -0.2) is 30.8 Å². The second kappa shape index (κ2) is 4.72. The van der Waals surface area contributed by atoms with Crippen LogP contribution in [0.3, 0.4) is 0 Å². The molecule has 2 rings (SSSR count). The van der Waals surface area contributed by atoms with E-state index in [1.807, 2.05) is 0 Å². The fraction of sp³-hybridized carbons (Fsp3) is 0.667. The zero-order valence-electron chi connectivity index (χ0n) is 8.94. The summed E-state index contributed by atoms with van der Waals surface area (Å²) in [6.45, 7) is 3.01. The molecule has 4 nitrogen and oxygen atoms in total. The van der Waals surface area contributed by atoms with Crippen LogP contribution in [0, 0.1) is 6.92 Å². The molecule has 1 aromatic rings. The van der Waals surface area contributed by atoms with Gasteiger partial charge in [0, 0.05) is 13.1 Å². The highest BCUT2D eigenvalue weighted by Crippen LogP contribution is 2.30. The molecular formula is C9H13BrN2O2S2. The maximum atomic E-state index is 12.3. The van der Waals surface area contributed by atoms with Crippen molar-refractivity contribution in [2.75, 3.05) is 13.1 Å². The van der Waals surface area contributed by atoms with Gasteiger partial charge in [-0.3, -0.25) is 0 Å². The second-order valence-corrected chi connectivity index (χ2v) is 8.21. The van der Waals surface area contributed by atoms with Gasteiger partial charge < -0.3 is 0 Å². The van der Waals surface area contributed by atoms with Crippen LogP contribution in [0.15, 0.2) is 8.13 Å². The van der Waals surface area contributed by atoms with E-state index in [0.717, 1.165) is 19.3 Å². The van der Waals surface area contributed by atoms with Gasteiger partial charge in [0.15, 0.2) is 8.13 Å². The van der Waals surface area contributed by atoms with Crippen molar-refractivity contribution in [3.05, 3.63) is 9.61 Å². The number of rotatable bonds is 2. The minimum absolute atomic E-state index is 0.376. The minimum Gasteiger partial charge on any atom is -0.233 e. The van der Waals surface area contributed by atoms with Gasteiger partial charge in [0.25, 0.3) is 10.0 Å². The summed E-state index contributed by atoms with van der Waals surface area (Å²) in [7, 11) is -3.31. The first-order valence-electron chi connectivity index (χ1n) is 5.15. The van der Waals surface area contributed by atoms with Crippen molar-refractivity contribution >= 4 is 37.3 Å². The third-order valence-electron chi connectivity index (χ3n) is 2.62. The van der Waals surface area contributed by atoms with Crippen LogP contribution in [-0.2, 0) is 10.0 Å². The lowest BCUT2D eigenvalue weighted by Gasteiger charge is -2.25. The van der Waals surface area contributed by atoms with Crippen LogP contribution in [0.4, 0.5) is 0 Å². The first-order valence-corrected chi connectivity index (χ1v) is 8.20. The first kappa shape index (κ1) is 12.5. The minimum atomic E-state index is -3.31. The molecule has 1 saturated heterocycles. The van der Waals surface area contributed by atoms with Gasteiger partial charge in [-0.05, 0) is 35.7 Å². The Hall–Kier alpha value is 0.0200. The number of halogens is 1. The third kappa shape index (κ3) is 2.32. The molecule has 2 heterocycles. The van der Waals surface area contributed by atoms with E-state index in [-0.39, 0.29) is 0 Å². The van der Waals surface area contributed by atoms with Crippen molar-refractivity contribution in [2.24, 2.45) is 0 Å². The number of aryl methyl sites for hydroxylation is 1. The Kier molecular flexibility index (Phi) is 3.68. The van der Waals surface area contributed by atoms with Crippen molar-refractivity contribution in [3.63, 3.8) is 0 Å². The third-order valence-corrected chi connectivity index (χ3v) is 6.71. The van der Waals surface area contributed by atoms with Crippen LogP contribution in [0.25, 0.3) is 0 Å². The fourth-order valence-corrected chi connectivity index (χ4v) is 5.78. The van der Waals surface area contributed by atoms with E-state index in [1.54, 1.807) is 11.2 Å². The number of hydrogen-bond donors (Lipinski definition) is 0. The molecule has 0 spiro atoms. The average Bonchev–Trinajstić information content (AvgIpc) is 2.60. The van der Waals surface area contributed by atoms with Gasteiger partial charge in [-0.1, -0.05) is 17.8 Å². The highest BCUT2D eigenvalue weighted by atomic mass is 79.9. The molecule has 0 radical (unpaired) electrons. The molecule has 1 aromatic heterocycles. The summed E-state index contributed by atoms with van der Waals surface area (Å²) in [4.78, 5) is 4.10. The van der Waals surface area contributed by atoms with Gasteiger partial charge >= 0.3 is 0 Å². The normalized spacial score (nSPS) is 18.9. The lowest BCUT2D eigenvalue weighted by Crippen LogP contribution is -2.35. The summed E-state index contributed by atoms with van der Waals surface area (Å²) in [5.74, 6) is 0. The van der Waals surface area contributed by atoms with E-state index in [1.165, 1.54) is 11.3 Å². The quantitative estimate of drug-likeness (QED) is 0.839. The second-order valence-electron chi connectivity index (χ2n) is 3.80. The molecule has 1 fully saturated rings. The molecule has 0 bridgehead atoms. The van der Waals surface area contributed by atoms with E-state index in [2.05, 4.69) is 20.9 Å². The van der Waals surface area contributed by atoms with Gasteiger partial charge in [0.05, 0.1) is 5.69 Å². The zero-order chi connectivity index (χ0) is 11.8. The number of piperidine rings is 1. The molecule has 0 unspecified atom stereocenters. The monoisotopic (exact) mass is 324 g/mol. The van der Waals surface area contributed by atoms with Crippen molar-refractivity contribution in [1.29, 1.82) is 0 Å². The highest BCUT2D eigenvalue weighted by Gasteiger charge is 2.29. The van der Waals surface area contributed by atoms with Crippen LogP contribution in [0.2, 0.25) is 0 Å². The lowest BCUT2D eigenvalue weighted by molar-refractivity contribution is 0.347. The standard InChI is InChI=1S/C9H13BrN2O2S2/c1-7-8(15-9(10)11-7)16(13,14)12-5-3-2-4-6-12/h2-6H2,1H3. The van der Waals surface area contributed by atoms with E-state index < -0.39 is 10.0 Å². The molecule has 0 amide bonds. The number of thiazole rings is 1. The van der Waals surface area contributed by atoms with Crippen molar-refractivity contribution < 1.29 is 8.42 Å². The van der Waals surface area contributed by atoms with Gasteiger partial charge in [0.1, 0.15) is 0 Å². The van der Waals surface area contributed by atoms with Gasteiger partial charge in [-0.25, -0.2) is 13.4 Å². The number of aromatic nitrogens is 1. The van der Waals surface area contributed by atoms with Crippen LogP contribution in [0.1, 0.15) is 25.0 Å². The summed E-state index contributed by atoms with van der Waals surface area (Å²) in [5, 5.41) is 0. The Morgan fingerprint density at radius 1 is 1.31 bits per heavy atom. The SMILES string of the molecule is Cc1nc(Br)sc1S(=O)(=O)N1CCCCC1. The van der Waals surface area contributed by atoms with E-state index in [9.17, 15) is 8.42 Å². The van der Waals surface area contributed by atoms with Gasteiger partial charge in [0.2, 0.25) is 0 Å². The Balaban J connectivity index is 2.34. The smallest absolute Gasteiger partial charge is 0.233 e. The molecule has 16 heavy (non-hydrogen) atoms. The predicted molar refractivity (Wildman–Crippen MR) is 67.2 cm³/mol. The van der Waals surface area contributed by atoms with Crippen molar-refractivity contribution in [1.82, 2.24) is 9.29 Å². The Bertz CT molecular complexity index is 478. The number of hydrogen-bond acceptors (Lipinski definition) is 4. The molecule has 0 N–H and O–H groups in total. The zero-order valence-corrected chi connectivity index (χ0v) is 12.2. The molecule has 90 valence electrons. The maximum Gasteiger partial charge on any atom is 0.254 e. The van der Waals surface area contributed by atoms with Crippen LogP contribution >= 0.6 is 27.3 Å². The van der Waals surface area contributed by atoms with Crippen LogP contribution < -0.4 is 0 Å². The largest absolute Gasteiger partial charge is 0.254 e. The lowest BCUT2D eigenvalue weighted by atomic mass is 10.2. The molecular weight excluding hydrogens is 312 g/mol. The maximum absolute atomic E-state index is 12.3.